The molecule has 1 fully saturated rings. The normalized spacial score (nSPS) is 18.4. The minimum absolute atomic E-state index is 0.0573. The molecule has 0 atom stereocenters. The van der Waals surface area contributed by atoms with Crippen LogP contribution in [0.3, 0.4) is 0 Å². The van der Waals surface area contributed by atoms with Crippen LogP contribution in [0.15, 0.2) is 17.5 Å². The zero-order valence-electron chi connectivity index (χ0n) is 9.32. The van der Waals surface area contributed by atoms with E-state index in [0.29, 0.717) is 5.69 Å². The highest BCUT2D eigenvalue weighted by atomic mass is 16.4. The van der Waals surface area contributed by atoms with Gasteiger partial charge in [-0.3, -0.25) is 0 Å². The Morgan fingerprint density at radius 2 is 2.06 bits per heavy atom. The van der Waals surface area contributed by atoms with E-state index in [1.165, 1.54) is 6.20 Å². The zero-order valence-corrected chi connectivity index (χ0v) is 9.32. The lowest BCUT2D eigenvalue weighted by Crippen LogP contribution is -2.36. The summed E-state index contributed by atoms with van der Waals surface area (Å²) >= 11 is 0. The average molecular weight is 237 g/mol. The lowest BCUT2D eigenvalue weighted by Gasteiger charge is -2.30. The van der Waals surface area contributed by atoms with Crippen LogP contribution in [0.5, 0.6) is 0 Å². The molecule has 17 heavy (non-hydrogen) atoms. The summed E-state index contributed by atoms with van der Waals surface area (Å²) in [6, 6.07) is 0. The zero-order chi connectivity index (χ0) is 12.3. The molecule has 2 rings (SSSR count). The van der Waals surface area contributed by atoms with Crippen molar-refractivity contribution >= 4 is 11.7 Å². The minimum Gasteiger partial charge on any atom is -0.409 e. The topological polar surface area (TPSA) is 108 Å². The van der Waals surface area contributed by atoms with Crippen molar-refractivity contribution in [2.24, 2.45) is 10.9 Å². The predicted octanol–water partition coefficient (Wildman–Crippen LogP) is -0.468. The van der Waals surface area contributed by atoms with E-state index >= 15 is 0 Å². The van der Waals surface area contributed by atoms with Gasteiger partial charge in [0, 0.05) is 13.1 Å². The first-order valence-corrected chi connectivity index (χ1v) is 5.43. The molecule has 0 amide bonds. The molecule has 0 radical (unpaired) electrons. The molecule has 0 bridgehead atoms. The van der Waals surface area contributed by atoms with Crippen molar-refractivity contribution in [2.45, 2.75) is 18.9 Å². The van der Waals surface area contributed by atoms with Gasteiger partial charge in [-0.15, -0.1) is 0 Å². The number of aliphatic hydroxyl groups excluding tert-OH is 1. The van der Waals surface area contributed by atoms with E-state index in [4.69, 9.17) is 10.9 Å². The second-order valence-corrected chi connectivity index (χ2v) is 3.96. The molecule has 2 heterocycles. The van der Waals surface area contributed by atoms with Crippen LogP contribution in [0.2, 0.25) is 0 Å². The molecule has 1 aromatic rings. The van der Waals surface area contributed by atoms with E-state index in [9.17, 15) is 5.11 Å². The Balaban J connectivity index is 2.08. The molecule has 0 unspecified atom stereocenters. The number of aliphatic hydroxyl groups is 1. The molecule has 4 N–H and O–H groups in total. The molecule has 0 saturated carbocycles. The third kappa shape index (κ3) is 2.62. The Kier molecular flexibility index (Phi) is 3.38. The van der Waals surface area contributed by atoms with E-state index in [0.717, 1.165) is 31.7 Å². The number of rotatable bonds is 2. The summed E-state index contributed by atoms with van der Waals surface area (Å²) in [7, 11) is 0. The number of anilines is 1. The Hall–Kier alpha value is -1.89. The van der Waals surface area contributed by atoms with Gasteiger partial charge in [-0.25, -0.2) is 9.97 Å². The van der Waals surface area contributed by atoms with Crippen molar-refractivity contribution < 1.29 is 10.3 Å². The molecule has 0 spiro atoms. The molecule has 92 valence electrons. The van der Waals surface area contributed by atoms with Crippen molar-refractivity contribution in [3.05, 3.63) is 18.1 Å². The highest BCUT2D eigenvalue weighted by molar-refractivity contribution is 5.94. The van der Waals surface area contributed by atoms with Gasteiger partial charge in [-0.1, -0.05) is 5.16 Å². The fraction of sp³-hybridized carbons (Fsp3) is 0.500. The fourth-order valence-electron chi connectivity index (χ4n) is 1.76. The summed E-state index contributed by atoms with van der Waals surface area (Å²) in [5, 5.41) is 20.7. The van der Waals surface area contributed by atoms with Crippen LogP contribution in [0.4, 0.5) is 5.82 Å². The summed E-state index contributed by atoms with van der Waals surface area (Å²) < 4.78 is 0. The van der Waals surface area contributed by atoms with Crippen molar-refractivity contribution in [2.75, 3.05) is 18.0 Å². The first-order chi connectivity index (χ1) is 8.20. The Morgan fingerprint density at radius 1 is 1.35 bits per heavy atom. The van der Waals surface area contributed by atoms with Crippen LogP contribution < -0.4 is 10.6 Å². The van der Waals surface area contributed by atoms with Gasteiger partial charge in [-0.2, -0.15) is 0 Å². The minimum atomic E-state index is -0.212. The third-order valence-electron chi connectivity index (χ3n) is 2.80. The molecule has 0 aliphatic carbocycles. The number of piperidine rings is 1. The largest absolute Gasteiger partial charge is 0.409 e. The highest BCUT2D eigenvalue weighted by Gasteiger charge is 2.18. The molecule has 7 heteroatoms. The van der Waals surface area contributed by atoms with Gasteiger partial charge in [0.25, 0.3) is 0 Å². The van der Waals surface area contributed by atoms with Crippen LogP contribution in [0, 0.1) is 0 Å². The van der Waals surface area contributed by atoms with E-state index < -0.39 is 0 Å². The number of nitrogens with two attached hydrogens (primary N) is 1. The van der Waals surface area contributed by atoms with Crippen molar-refractivity contribution in [3.63, 3.8) is 0 Å². The van der Waals surface area contributed by atoms with Crippen LogP contribution in [0.25, 0.3) is 0 Å². The van der Waals surface area contributed by atoms with Crippen molar-refractivity contribution in [1.29, 1.82) is 0 Å². The van der Waals surface area contributed by atoms with E-state index in [1.807, 2.05) is 0 Å². The number of hydrogen-bond acceptors (Lipinski definition) is 6. The van der Waals surface area contributed by atoms with Gasteiger partial charge in [0.05, 0.1) is 18.5 Å². The first kappa shape index (κ1) is 11.6. The summed E-state index contributed by atoms with van der Waals surface area (Å²) in [5.74, 6) is 0.685. The van der Waals surface area contributed by atoms with Crippen LogP contribution in [-0.2, 0) is 0 Å². The molecule has 1 aliphatic rings. The number of aromatic nitrogens is 2. The molecule has 1 aromatic heterocycles. The monoisotopic (exact) mass is 237 g/mol. The summed E-state index contributed by atoms with van der Waals surface area (Å²) in [6.45, 7) is 1.53. The Morgan fingerprint density at radius 3 is 2.59 bits per heavy atom. The van der Waals surface area contributed by atoms with E-state index in [2.05, 4.69) is 20.0 Å². The number of hydrogen-bond donors (Lipinski definition) is 3. The molecule has 0 aromatic carbocycles. The van der Waals surface area contributed by atoms with Crippen molar-refractivity contribution in [1.82, 2.24) is 9.97 Å². The van der Waals surface area contributed by atoms with Gasteiger partial charge in [0.15, 0.2) is 5.84 Å². The van der Waals surface area contributed by atoms with E-state index in [1.54, 1.807) is 6.20 Å². The molecular formula is C10H15N5O2. The predicted molar refractivity (Wildman–Crippen MR) is 62.0 cm³/mol. The smallest absolute Gasteiger partial charge is 0.190 e. The van der Waals surface area contributed by atoms with Gasteiger partial charge < -0.3 is 20.9 Å². The first-order valence-electron chi connectivity index (χ1n) is 5.43. The van der Waals surface area contributed by atoms with Gasteiger partial charge in [-0.05, 0) is 12.8 Å². The maximum atomic E-state index is 9.40. The van der Waals surface area contributed by atoms with Gasteiger partial charge in [0.2, 0.25) is 0 Å². The average Bonchev–Trinajstić information content (AvgIpc) is 2.39. The second-order valence-electron chi connectivity index (χ2n) is 3.96. The van der Waals surface area contributed by atoms with E-state index in [-0.39, 0.29) is 11.9 Å². The standard InChI is InChI=1S/C10H15N5O2/c11-10(14-17)8-5-13-9(6-12-8)15-3-1-7(16)2-4-15/h5-7,16-17H,1-4H2,(H2,11,14). The summed E-state index contributed by atoms with van der Waals surface area (Å²) in [6.07, 6.45) is 4.32. The Bertz CT molecular complexity index is 398. The number of nitrogens with zero attached hydrogens (tertiary/aromatic N) is 4. The molecule has 1 saturated heterocycles. The van der Waals surface area contributed by atoms with Crippen LogP contribution >= 0.6 is 0 Å². The van der Waals surface area contributed by atoms with Gasteiger partial charge in [0.1, 0.15) is 11.5 Å². The second kappa shape index (κ2) is 4.96. The van der Waals surface area contributed by atoms with Gasteiger partial charge >= 0.3 is 0 Å². The maximum absolute atomic E-state index is 9.40. The number of oxime groups is 1. The molecular weight excluding hydrogens is 222 g/mol. The fourth-order valence-corrected chi connectivity index (χ4v) is 1.76. The van der Waals surface area contributed by atoms with Crippen LogP contribution in [-0.4, -0.2) is 45.3 Å². The molecule has 7 nitrogen and oxygen atoms in total. The van der Waals surface area contributed by atoms with Crippen LogP contribution in [0.1, 0.15) is 18.5 Å². The maximum Gasteiger partial charge on any atom is 0.190 e. The molecule has 1 aliphatic heterocycles. The lowest BCUT2D eigenvalue weighted by atomic mass is 10.1. The Labute approximate surface area is 98.6 Å². The number of amidine groups is 1. The SMILES string of the molecule is NC(=NO)c1cnc(N2CCC(O)CC2)cn1. The van der Waals surface area contributed by atoms with Crippen molar-refractivity contribution in [3.8, 4) is 0 Å². The third-order valence-corrected chi connectivity index (χ3v) is 2.80. The quantitative estimate of drug-likeness (QED) is 0.278. The highest BCUT2D eigenvalue weighted by Crippen LogP contribution is 2.16. The lowest BCUT2D eigenvalue weighted by molar-refractivity contribution is 0.145. The summed E-state index contributed by atoms with van der Waals surface area (Å²) in [5.41, 5.74) is 5.73. The summed E-state index contributed by atoms with van der Waals surface area (Å²) in [4.78, 5) is 10.3.